The Hall–Kier alpha value is -1.09. The van der Waals surface area contributed by atoms with E-state index in [4.69, 9.17) is 5.11 Å². The maximum absolute atomic E-state index is 12.7. The topological polar surface area (TPSA) is 23.5 Å². The van der Waals surface area contributed by atoms with Crippen LogP contribution in [0.1, 0.15) is 12.8 Å². The minimum absolute atomic E-state index is 0.200. The van der Waals surface area contributed by atoms with Gasteiger partial charge < -0.3 is 10.0 Å². The maximum atomic E-state index is 12.7. The van der Waals surface area contributed by atoms with Crippen LogP contribution in [0.5, 0.6) is 0 Å². The number of hydrogen-bond donors (Lipinski definition) is 1. The molecule has 0 unspecified atom stereocenters. The molecule has 1 aliphatic rings. The Morgan fingerprint density at radius 2 is 2.07 bits per heavy atom. The van der Waals surface area contributed by atoms with Crippen molar-refractivity contribution < 1.29 is 9.50 Å². The summed E-state index contributed by atoms with van der Waals surface area (Å²) in [5.74, 6) is 0.165. The van der Waals surface area contributed by atoms with Crippen molar-refractivity contribution in [1.82, 2.24) is 0 Å². The van der Waals surface area contributed by atoms with Crippen molar-refractivity contribution in [3.63, 3.8) is 0 Å². The van der Waals surface area contributed by atoms with E-state index in [0.29, 0.717) is 5.92 Å². The molecule has 0 spiro atoms. The molecule has 1 heterocycles. The minimum Gasteiger partial charge on any atom is -0.396 e. The number of rotatable bonds is 2. The quantitative estimate of drug-likeness (QED) is 0.805. The third-order valence-electron chi connectivity index (χ3n) is 2.97. The van der Waals surface area contributed by atoms with E-state index in [9.17, 15) is 4.39 Å². The Labute approximate surface area is 89.3 Å². The Bertz CT molecular complexity index is 312. The lowest BCUT2D eigenvalue weighted by atomic mass is 9.98. The van der Waals surface area contributed by atoms with Gasteiger partial charge in [-0.1, -0.05) is 0 Å². The van der Waals surface area contributed by atoms with Crippen LogP contribution in [0.25, 0.3) is 0 Å². The molecule has 1 aromatic rings. The molecule has 0 bridgehead atoms. The molecule has 15 heavy (non-hydrogen) atoms. The highest BCUT2D eigenvalue weighted by molar-refractivity contribution is 5.46. The van der Waals surface area contributed by atoms with Gasteiger partial charge in [0, 0.05) is 25.4 Å². The SMILES string of the molecule is OC[C@@H]1CCCN(c2ccc(F)cc2)C1. The fraction of sp³-hybridized carbons (Fsp3) is 0.500. The zero-order valence-corrected chi connectivity index (χ0v) is 8.69. The summed E-state index contributed by atoms with van der Waals surface area (Å²) < 4.78 is 12.7. The molecule has 0 saturated carbocycles. The number of benzene rings is 1. The molecule has 1 N–H and O–H groups in total. The van der Waals surface area contributed by atoms with Crippen molar-refractivity contribution in [1.29, 1.82) is 0 Å². The van der Waals surface area contributed by atoms with Gasteiger partial charge >= 0.3 is 0 Å². The van der Waals surface area contributed by atoms with Crippen LogP contribution in [0.4, 0.5) is 10.1 Å². The first-order valence-corrected chi connectivity index (χ1v) is 5.41. The van der Waals surface area contributed by atoms with E-state index in [0.717, 1.165) is 31.6 Å². The van der Waals surface area contributed by atoms with Crippen LogP contribution in [0.15, 0.2) is 24.3 Å². The summed E-state index contributed by atoms with van der Waals surface area (Å²) in [5, 5.41) is 9.11. The summed E-state index contributed by atoms with van der Waals surface area (Å²) in [7, 11) is 0. The van der Waals surface area contributed by atoms with Crippen molar-refractivity contribution in [2.45, 2.75) is 12.8 Å². The highest BCUT2D eigenvalue weighted by Crippen LogP contribution is 2.22. The van der Waals surface area contributed by atoms with Crippen LogP contribution < -0.4 is 4.90 Å². The summed E-state index contributed by atoms with van der Waals surface area (Å²) >= 11 is 0. The summed E-state index contributed by atoms with van der Waals surface area (Å²) in [6, 6.07) is 6.57. The number of nitrogens with zero attached hydrogens (tertiary/aromatic N) is 1. The first kappa shape index (κ1) is 10.4. The summed E-state index contributed by atoms with van der Waals surface area (Å²) in [6.07, 6.45) is 2.19. The molecule has 1 aliphatic heterocycles. The van der Waals surface area contributed by atoms with Crippen LogP contribution in [-0.4, -0.2) is 24.8 Å². The zero-order chi connectivity index (χ0) is 10.7. The van der Waals surface area contributed by atoms with Gasteiger partial charge in [-0.15, -0.1) is 0 Å². The molecule has 1 atom stereocenters. The lowest BCUT2D eigenvalue weighted by molar-refractivity contribution is 0.208. The smallest absolute Gasteiger partial charge is 0.123 e. The van der Waals surface area contributed by atoms with Crippen LogP contribution >= 0.6 is 0 Å². The van der Waals surface area contributed by atoms with E-state index >= 15 is 0 Å². The van der Waals surface area contributed by atoms with Crippen LogP contribution in [0.2, 0.25) is 0 Å². The van der Waals surface area contributed by atoms with Gasteiger partial charge in [-0.05, 0) is 43.0 Å². The fourth-order valence-corrected chi connectivity index (χ4v) is 2.10. The van der Waals surface area contributed by atoms with Gasteiger partial charge in [-0.3, -0.25) is 0 Å². The second-order valence-electron chi connectivity index (χ2n) is 4.11. The van der Waals surface area contributed by atoms with Gasteiger partial charge in [0.2, 0.25) is 0 Å². The van der Waals surface area contributed by atoms with Gasteiger partial charge in [-0.25, -0.2) is 4.39 Å². The van der Waals surface area contributed by atoms with Crippen molar-refractivity contribution in [3.8, 4) is 0 Å². The maximum Gasteiger partial charge on any atom is 0.123 e. The predicted molar refractivity (Wildman–Crippen MR) is 58.4 cm³/mol. The van der Waals surface area contributed by atoms with Crippen LogP contribution in [-0.2, 0) is 0 Å². The molecule has 1 saturated heterocycles. The second-order valence-corrected chi connectivity index (χ2v) is 4.11. The van der Waals surface area contributed by atoms with E-state index in [1.54, 1.807) is 12.1 Å². The van der Waals surface area contributed by atoms with Gasteiger partial charge in [0.25, 0.3) is 0 Å². The third-order valence-corrected chi connectivity index (χ3v) is 2.97. The van der Waals surface area contributed by atoms with Gasteiger partial charge in [-0.2, -0.15) is 0 Å². The van der Waals surface area contributed by atoms with E-state index in [1.807, 2.05) is 0 Å². The van der Waals surface area contributed by atoms with E-state index in [-0.39, 0.29) is 12.4 Å². The zero-order valence-electron chi connectivity index (χ0n) is 8.69. The molecule has 2 nitrogen and oxygen atoms in total. The number of piperidine rings is 1. The lowest BCUT2D eigenvalue weighted by Crippen LogP contribution is -2.36. The van der Waals surface area contributed by atoms with Crippen molar-refractivity contribution >= 4 is 5.69 Å². The predicted octanol–water partition coefficient (Wildman–Crippen LogP) is 2.03. The Balaban J connectivity index is 2.06. The molecule has 3 heteroatoms. The molecule has 2 rings (SSSR count). The fourth-order valence-electron chi connectivity index (χ4n) is 2.10. The third kappa shape index (κ3) is 2.48. The second kappa shape index (κ2) is 4.62. The number of anilines is 1. The number of halogens is 1. The monoisotopic (exact) mass is 209 g/mol. The molecule has 0 aromatic heterocycles. The first-order valence-electron chi connectivity index (χ1n) is 5.41. The molecule has 82 valence electrons. The first-order chi connectivity index (χ1) is 7.29. The van der Waals surface area contributed by atoms with E-state index < -0.39 is 0 Å². The average molecular weight is 209 g/mol. The average Bonchev–Trinajstić information content (AvgIpc) is 2.30. The highest BCUT2D eigenvalue weighted by atomic mass is 19.1. The summed E-state index contributed by atoms with van der Waals surface area (Å²) in [4.78, 5) is 2.21. The largest absolute Gasteiger partial charge is 0.396 e. The molecular formula is C12H16FNO. The van der Waals surface area contributed by atoms with Crippen molar-refractivity contribution in [3.05, 3.63) is 30.1 Å². The summed E-state index contributed by atoms with van der Waals surface area (Å²) in [5.41, 5.74) is 1.05. The van der Waals surface area contributed by atoms with E-state index in [1.165, 1.54) is 12.1 Å². The van der Waals surface area contributed by atoms with Crippen LogP contribution in [0, 0.1) is 11.7 Å². The summed E-state index contributed by atoms with van der Waals surface area (Å²) in [6.45, 7) is 2.13. The van der Waals surface area contributed by atoms with Gasteiger partial charge in [0.1, 0.15) is 5.82 Å². The number of hydrogen-bond acceptors (Lipinski definition) is 2. The Morgan fingerprint density at radius 3 is 2.73 bits per heavy atom. The lowest BCUT2D eigenvalue weighted by Gasteiger charge is -2.33. The molecule has 0 amide bonds. The number of aliphatic hydroxyl groups is 1. The van der Waals surface area contributed by atoms with Crippen molar-refractivity contribution in [2.24, 2.45) is 5.92 Å². The molecule has 0 radical (unpaired) electrons. The normalized spacial score (nSPS) is 21.7. The number of aliphatic hydroxyl groups excluding tert-OH is 1. The van der Waals surface area contributed by atoms with E-state index in [2.05, 4.69) is 4.90 Å². The van der Waals surface area contributed by atoms with Gasteiger partial charge in [0.05, 0.1) is 0 Å². The molecule has 1 aromatic carbocycles. The highest BCUT2D eigenvalue weighted by Gasteiger charge is 2.19. The molecule has 1 fully saturated rings. The Morgan fingerprint density at radius 1 is 1.33 bits per heavy atom. The molecular weight excluding hydrogens is 193 g/mol. The Kier molecular flexibility index (Phi) is 3.21. The van der Waals surface area contributed by atoms with Gasteiger partial charge in [0.15, 0.2) is 0 Å². The standard InChI is InChI=1S/C12H16FNO/c13-11-3-5-12(6-4-11)14-7-1-2-10(8-14)9-15/h3-6,10,15H,1-2,7-9H2/t10-/m1/s1. The van der Waals surface area contributed by atoms with Crippen molar-refractivity contribution in [2.75, 3.05) is 24.6 Å². The minimum atomic E-state index is -0.200. The van der Waals surface area contributed by atoms with Crippen LogP contribution in [0.3, 0.4) is 0 Å². The molecule has 0 aliphatic carbocycles.